The molecule has 0 saturated carbocycles. The van der Waals surface area contributed by atoms with Crippen molar-refractivity contribution >= 4 is 29.3 Å². The second-order valence-corrected chi connectivity index (χ2v) is 5.75. The van der Waals surface area contributed by atoms with Gasteiger partial charge in [0.25, 0.3) is 0 Å². The Labute approximate surface area is 118 Å². The summed E-state index contributed by atoms with van der Waals surface area (Å²) in [5.41, 5.74) is 2.75. The molecule has 0 aliphatic heterocycles. The van der Waals surface area contributed by atoms with E-state index < -0.39 is 0 Å². The first kappa shape index (κ1) is 15.1. The van der Waals surface area contributed by atoms with Crippen LogP contribution in [0, 0.1) is 6.92 Å². The van der Waals surface area contributed by atoms with E-state index in [2.05, 4.69) is 6.58 Å². The van der Waals surface area contributed by atoms with Crippen LogP contribution in [0.2, 0.25) is 0 Å². The van der Waals surface area contributed by atoms with E-state index in [9.17, 15) is 4.79 Å². The first-order valence-corrected chi connectivity index (χ1v) is 8.12. The normalized spacial score (nSPS) is 9.94. The molecule has 0 unspecified atom stereocenters. The van der Waals surface area contributed by atoms with Crippen molar-refractivity contribution in [3.8, 4) is 0 Å². The van der Waals surface area contributed by atoms with E-state index in [0.717, 1.165) is 20.9 Å². The standard InChI is InChI=1S/C15H18OS2/c1-5-6-13(15(17-3)18-4)14(16)12-9-7-11(2)8-10-12/h5,7-10H,1,6H2,2-4H3. The highest BCUT2D eigenvalue weighted by Crippen LogP contribution is 2.31. The minimum atomic E-state index is 0.105. The topological polar surface area (TPSA) is 17.1 Å². The van der Waals surface area contributed by atoms with E-state index in [0.29, 0.717) is 6.42 Å². The lowest BCUT2D eigenvalue weighted by atomic mass is 10.0. The predicted molar refractivity (Wildman–Crippen MR) is 84.4 cm³/mol. The van der Waals surface area contributed by atoms with Crippen molar-refractivity contribution in [1.82, 2.24) is 0 Å². The largest absolute Gasteiger partial charge is 0.289 e. The molecule has 18 heavy (non-hydrogen) atoms. The Morgan fingerprint density at radius 3 is 2.22 bits per heavy atom. The molecule has 0 spiro atoms. The lowest BCUT2D eigenvalue weighted by Gasteiger charge is -2.09. The Bertz CT molecular complexity index is 452. The van der Waals surface area contributed by atoms with E-state index in [4.69, 9.17) is 0 Å². The van der Waals surface area contributed by atoms with Gasteiger partial charge >= 0.3 is 0 Å². The minimum absolute atomic E-state index is 0.105. The van der Waals surface area contributed by atoms with E-state index in [1.807, 2.05) is 43.7 Å². The van der Waals surface area contributed by atoms with Gasteiger partial charge in [-0.3, -0.25) is 4.79 Å². The Morgan fingerprint density at radius 1 is 1.22 bits per heavy atom. The van der Waals surface area contributed by atoms with Crippen LogP contribution in [-0.2, 0) is 0 Å². The molecule has 0 saturated heterocycles. The zero-order valence-corrected chi connectivity index (χ0v) is 12.7. The fourth-order valence-corrected chi connectivity index (χ4v) is 3.13. The number of allylic oxidation sites excluding steroid dienone is 2. The lowest BCUT2D eigenvalue weighted by molar-refractivity contribution is 0.103. The fraction of sp³-hybridized carbons (Fsp3) is 0.267. The van der Waals surface area contributed by atoms with Gasteiger partial charge in [-0.15, -0.1) is 30.1 Å². The van der Waals surface area contributed by atoms with Gasteiger partial charge in [0.2, 0.25) is 0 Å². The smallest absolute Gasteiger partial charge is 0.190 e. The summed E-state index contributed by atoms with van der Waals surface area (Å²) in [5.74, 6) is 0.105. The molecule has 1 aromatic carbocycles. The van der Waals surface area contributed by atoms with Gasteiger partial charge in [0.1, 0.15) is 0 Å². The van der Waals surface area contributed by atoms with E-state index >= 15 is 0 Å². The summed E-state index contributed by atoms with van der Waals surface area (Å²) in [7, 11) is 0. The maximum absolute atomic E-state index is 12.5. The van der Waals surface area contributed by atoms with Crippen LogP contribution >= 0.6 is 23.5 Å². The summed E-state index contributed by atoms with van der Waals surface area (Å²) < 4.78 is 1.07. The Hall–Kier alpha value is -0.930. The molecular weight excluding hydrogens is 260 g/mol. The van der Waals surface area contributed by atoms with Gasteiger partial charge in [0, 0.05) is 15.4 Å². The fourth-order valence-electron chi connectivity index (χ4n) is 1.62. The summed E-state index contributed by atoms with van der Waals surface area (Å²) >= 11 is 3.24. The third kappa shape index (κ3) is 3.79. The molecule has 0 heterocycles. The summed E-state index contributed by atoms with van der Waals surface area (Å²) in [6.45, 7) is 5.75. The number of rotatable bonds is 6. The van der Waals surface area contributed by atoms with Gasteiger partial charge in [-0.2, -0.15) is 0 Å². The highest BCUT2D eigenvalue weighted by Gasteiger charge is 2.15. The third-order valence-electron chi connectivity index (χ3n) is 2.55. The van der Waals surface area contributed by atoms with Gasteiger partial charge in [-0.25, -0.2) is 0 Å². The molecule has 0 aliphatic rings. The van der Waals surface area contributed by atoms with Gasteiger partial charge in [0.05, 0.1) is 0 Å². The van der Waals surface area contributed by atoms with Crippen molar-refractivity contribution < 1.29 is 4.79 Å². The maximum atomic E-state index is 12.5. The van der Waals surface area contributed by atoms with Crippen molar-refractivity contribution in [2.45, 2.75) is 13.3 Å². The van der Waals surface area contributed by atoms with Crippen molar-refractivity contribution in [3.63, 3.8) is 0 Å². The van der Waals surface area contributed by atoms with Crippen LogP contribution in [0.15, 0.2) is 46.7 Å². The van der Waals surface area contributed by atoms with Crippen LogP contribution in [0.3, 0.4) is 0 Å². The summed E-state index contributed by atoms with van der Waals surface area (Å²) in [5, 5.41) is 0. The van der Waals surface area contributed by atoms with Gasteiger partial charge in [-0.05, 0) is 25.9 Å². The number of aryl methyl sites for hydroxylation is 1. The van der Waals surface area contributed by atoms with Crippen LogP contribution in [0.4, 0.5) is 0 Å². The number of ketones is 1. The SMILES string of the molecule is C=CCC(C(=O)c1ccc(C)cc1)=C(SC)SC. The monoisotopic (exact) mass is 278 g/mol. The average Bonchev–Trinajstić information content (AvgIpc) is 2.39. The van der Waals surface area contributed by atoms with Gasteiger partial charge in [0.15, 0.2) is 5.78 Å². The predicted octanol–water partition coefficient (Wildman–Crippen LogP) is 4.69. The Balaban J connectivity index is 3.14. The molecule has 3 heteroatoms. The van der Waals surface area contributed by atoms with E-state index in [-0.39, 0.29) is 5.78 Å². The summed E-state index contributed by atoms with van der Waals surface area (Å²) in [6.07, 6.45) is 6.40. The molecule has 0 N–H and O–H groups in total. The van der Waals surface area contributed by atoms with Crippen molar-refractivity contribution in [3.05, 3.63) is 57.9 Å². The highest BCUT2D eigenvalue weighted by molar-refractivity contribution is 8.21. The Morgan fingerprint density at radius 2 is 1.78 bits per heavy atom. The van der Waals surface area contributed by atoms with Crippen LogP contribution in [0.25, 0.3) is 0 Å². The molecule has 0 aliphatic carbocycles. The quantitative estimate of drug-likeness (QED) is 0.427. The van der Waals surface area contributed by atoms with Gasteiger partial charge in [-0.1, -0.05) is 35.9 Å². The highest BCUT2D eigenvalue weighted by atomic mass is 32.2. The number of hydrogen-bond acceptors (Lipinski definition) is 3. The summed E-state index contributed by atoms with van der Waals surface area (Å²) in [6, 6.07) is 7.71. The molecule has 0 bridgehead atoms. The maximum Gasteiger partial charge on any atom is 0.190 e. The molecule has 1 rings (SSSR count). The summed E-state index contributed by atoms with van der Waals surface area (Å²) in [4.78, 5) is 12.5. The van der Waals surface area contributed by atoms with Crippen LogP contribution in [0.1, 0.15) is 22.3 Å². The molecule has 0 amide bonds. The van der Waals surface area contributed by atoms with Gasteiger partial charge < -0.3 is 0 Å². The zero-order valence-electron chi connectivity index (χ0n) is 11.0. The molecule has 0 aromatic heterocycles. The number of hydrogen-bond donors (Lipinski definition) is 0. The molecule has 0 fully saturated rings. The molecule has 0 atom stereocenters. The van der Waals surface area contributed by atoms with Crippen LogP contribution in [-0.4, -0.2) is 18.3 Å². The second kappa shape index (κ2) is 7.49. The average molecular weight is 278 g/mol. The molecule has 0 radical (unpaired) electrons. The van der Waals surface area contributed by atoms with E-state index in [1.54, 1.807) is 29.6 Å². The minimum Gasteiger partial charge on any atom is -0.289 e. The number of carbonyl (C=O) groups is 1. The van der Waals surface area contributed by atoms with Crippen molar-refractivity contribution in [2.75, 3.05) is 12.5 Å². The van der Waals surface area contributed by atoms with Crippen LogP contribution < -0.4 is 0 Å². The number of benzene rings is 1. The lowest BCUT2D eigenvalue weighted by Crippen LogP contribution is -2.04. The molecule has 1 aromatic rings. The second-order valence-electron chi connectivity index (χ2n) is 3.86. The van der Waals surface area contributed by atoms with Crippen molar-refractivity contribution in [1.29, 1.82) is 0 Å². The van der Waals surface area contributed by atoms with E-state index in [1.165, 1.54) is 0 Å². The molecular formula is C15H18OS2. The number of carbonyl (C=O) groups excluding carboxylic acids is 1. The molecule has 96 valence electrons. The third-order valence-corrected chi connectivity index (χ3v) is 4.79. The first-order chi connectivity index (χ1) is 8.63. The van der Waals surface area contributed by atoms with Crippen LogP contribution in [0.5, 0.6) is 0 Å². The number of thioether (sulfide) groups is 2. The van der Waals surface area contributed by atoms with Crippen molar-refractivity contribution in [2.24, 2.45) is 0 Å². The Kier molecular flexibility index (Phi) is 6.30. The number of Topliss-reactive ketones (excluding diaryl/α,β-unsaturated/α-hetero) is 1. The molecule has 1 nitrogen and oxygen atoms in total. The first-order valence-electron chi connectivity index (χ1n) is 5.67. The zero-order chi connectivity index (χ0) is 13.5.